The van der Waals surface area contributed by atoms with E-state index < -0.39 is 17.5 Å². The van der Waals surface area contributed by atoms with Gasteiger partial charge in [-0.2, -0.15) is 0 Å². The largest absolute Gasteiger partial charge is 0.313 e. The first-order valence-corrected chi connectivity index (χ1v) is 5.94. The lowest BCUT2D eigenvalue weighted by atomic mass is 9.95. The van der Waals surface area contributed by atoms with Gasteiger partial charge in [0.25, 0.3) is 0 Å². The molecule has 0 spiro atoms. The third-order valence-electron chi connectivity index (χ3n) is 3.09. The molecule has 2 aromatic rings. The molecule has 1 unspecified atom stereocenters. The second-order valence-electron chi connectivity index (χ2n) is 4.40. The molecular weight excluding hydrogens is 251 g/mol. The fourth-order valence-corrected chi connectivity index (χ4v) is 2.02. The number of rotatable bonds is 3. The molecule has 1 N–H and O–H groups in total. The molecule has 0 saturated heterocycles. The van der Waals surface area contributed by atoms with Gasteiger partial charge in [-0.1, -0.05) is 6.07 Å². The fraction of sp³-hybridized carbons (Fsp3) is 0.200. The van der Waals surface area contributed by atoms with Gasteiger partial charge in [0.1, 0.15) is 17.5 Å². The van der Waals surface area contributed by atoms with Gasteiger partial charge in [-0.3, -0.25) is 0 Å². The molecule has 1 atom stereocenters. The molecule has 100 valence electrons. The highest BCUT2D eigenvalue weighted by Gasteiger charge is 2.13. The molecule has 0 bridgehead atoms. The molecule has 0 aliphatic carbocycles. The summed E-state index contributed by atoms with van der Waals surface area (Å²) in [6.07, 6.45) is 0. The molecular formula is C15H14F3N. The van der Waals surface area contributed by atoms with Crippen molar-refractivity contribution < 1.29 is 13.2 Å². The lowest BCUT2D eigenvalue weighted by Crippen LogP contribution is -2.13. The van der Waals surface area contributed by atoms with Gasteiger partial charge >= 0.3 is 0 Å². The third-order valence-corrected chi connectivity index (χ3v) is 3.09. The minimum atomic E-state index is -0.678. The molecule has 0 saturated carbocycles. The first-order chi connectivity index (χ1) is 9.01. The van der Waals surface area contributed by atoms with Crippen LogP contribution in [0.1, 0.15) is 18.5 Å². The van der Waals surface area contributed by atoms with Crippen molar-refractivity contribution in [3.63, 3.8) is 0 Å². The van der Waals surface area contributed by atoms with Crippen molar-refractivity contribution in [3.8, 4) is 11.1 Å². The average Bonchev–Trinajstić information content (AvgIpc) is 2.36. The van der Waals surface area contributed by atoms with Gasteiger partial charge in [-0.25, -0.2) is 13.2 Å². The van der Waals surface area contributed by atoms with Crippen LogP contribution in [0.5, 0.6) is 0 Å². The maximum absolute atomic E-state index is 13.4. The number of hydrogen-bond donors (Lipinski definition) is 1. The van der Waals surface area contributed by atoms with Crippen molar-refractivity contribution in [1.29, 1.82) is 0 Å². The molecule has 0 heterocycles. The maximum Gasteiger partial charge on any atom is 0.126 e. The van der Waals surface area contributed by atoms with Crippen LogP contribution in [0, 0.1) is 17.5 Å². The van der Waals surface area contributed by atoms with Crippen molar-refractivity contribution in [1.82, 2.24) is 5.32 Å². The lowest BCUT2D eigenvalue weighted by Gasteiger charge is -2.16. The summed E-state index contributed by atoms with van der Waals surface area (Å²) in [5.74, 6) is -1.80. The molecule has 2 aromatic carbocycles. The normalized spacial score (nSPS) is 12.5. The molecule has 0 aromatic heterocycles. The van der Waals surface area contributed by atoms with Crippen LogP contribution in [0.25, 0.3) is 11.1 Å². The average molecular weight is 265 g/mol. The van der Waals surface area contributed by atoms with Crippen LogP contribution in [0.2, 0.25) is 0 Å². The van der Waals surface area contributed by atoms with Gasteiger partial charge in [0.15, 0.2) is 0 Å². The molecule has 19 heavy (non-hydrogen) atoms. The Bertz CT molecular complexity index is 576. The summed E-state index contributed by atoms with van der Waals surface area (Å²) in [7, 11) is 1.77. The van der Waals surface area contributed by atoms with E-state index in [1.807, 2.05) is 6.92 Å². The summed E-state index contributed by atoms with van der Waals surface area (Å²) in [5, 5.41) is 3.03. The zero-order chi connectivity index (χ0) is 14.0. The predicted octanol–water partition coefficient (Wildman–Crippen LogP) is 4.05. The first-order valence-electron chi connectivity index (χ1n) is 5.94. The van der Waals surface area contributed by atoms with Crippen LogP contribution < -0.4 is 5.32 Å². The molecule has 0 aliphatic rings. The Morgan fingerprint density at radius 1 is 0.895 bits per heavy atom. The fourth-order valence-electron chi connectivity index (χ4n) is 2.02. The Kier molecular flexibility index (Phi) is 3.90. The number of nitrogens with one attached hydrogen (secondary N) is 1. The second-order valence-corrected chi connectivity index (χ2v) is 4.40. The Hall–Kier alpha value is -1.81. The highest BCUT2D eigenvalue weighted by Crippen LogP contribution is 2.30. The first kappa shape index (κ1) is 13.6. The summed E-state index contributed by atoms with van der Waals surface area (Å²) in [6.45, 7) is 1.90. The zero-order valence-corrected chi connectivity index (χ0v) is 10.7. The van der Waals surface area contributed by atoms with E-state index in [0.29, 0.717) is 11.1 Å². The van der Waals surface area contributed by atoms with Crippen molar-refractivity contribution >= 4 is 0 Å². The van der Waals surface area contributed by atoms with Gasteiger partial charge in [-0.05, 0) is 54.9 Å². The van der Waals surface area contributed by atoms with Crippen LogP contribution in [-0.4, -0.2) is 7.05 Å². The van der Waals surface area contributed by atoms with Gasteiger partial charge in [0.05, 0.1) is 0 Å². The van der Waals surface area contributed by atoms with E-state index in [1.54, 1.807) is 13.1 Å². The zero-order valence-electron chi connectivity index (χ0n) is 10.7. The number of hydrogen-bond acceptors (Lipinski definition) is 1. The predicted molar refractivity (Wildman–Crippen MR) is 69.2 cm³/mol. The van der Waals surface area contributed by atoms with E-state index in [0.717, 1.165) is 11.6 Å². The third kappa shape index (κ3) is 2.96. The Balaban J connectivity index is 2.62. The molecule has 0 fully saturated rings. The van der Waals surface area contributed by atoms with Gasteiger partial charge in [0.2, 0.25) is 0 Å². The van der Waals surface area contributed by atoms with E-state index in [9.17, 15) is 13.2 Å². The van der Waals surface area contributed by atoms with Crippen LogP contribution in [0.15, 0.2) is 36.4 Å². The highest BCUT2D eigenvalue weighted by molar-refractivity contribution is 5.68. The van der Waals surface area contributed by atoms with E-state index in [1.165, 1.54) is 24.3 Å². The lowest BCUT2D eigenvalue weighted by molar-refractivity contribution is 0.583. The summed E-state index contributed by atoms with van der Waals surface area (Å²) >= 11 is 0. The molecule has 2 rings (SSSR count). The SMILES string of the molecule is CNC(C)c1ccc(F)cc1-c1cc(F)cc(F)c1. The Morgan fingerprint density at radius 2 is 1.53 bits per heavy atom. The molecule has 4 heteroatoms. The van der Waals surface area contributed by atoms with Gasteiger partial charge in [-0.15, -0.1) is 0 Å². The summed E-state index contributed by atoms with van der Waals surface area (Å²) in [6, 6.07) is 7.38. The Labute approximate surface area is 110 Å². The monoisotopic (exact) mass is 265 g/mol. The highest BCUT2D eigenvalue weighted by atomic mass is 19.1. The minimum Gasteiger partial charge on any atom is -0.313 e. The number of benzene rings is 2. The molecule has 1 nitrogen and oxygen atoms in total. The quantitative estimate of drug-likeness (QED) is 0.882. The number of halogens is 3. The smallest absolute Gasteiger partial charge is 0.126 e. The van der Waals surface area contributed by atoms with Crippen LogP contribution in [0.4, 0.5) is 13.2 Å². The molecule has 0 radical (unpaired) electrons. The Morgan fingerprint density at radius 3 is 2.11 bits per heavy atom. The second kappa shape index (κ2) is 5.45. The van der Waals surface area contributed by atoms with E-state index in [-0.39, 0.29) is 6.04 Å². The summed E-state index contributed by atoms with van der Waals surface area (Å²) in [4.78, 5) is 0. The van der Waals surface area contributed by atoms with Crippen molar-refractivity contribution in [2.24, 2.45) is 0 Å². The van der Waals surface area contributed by atoms with Crippen molar-refractivity contribution in [2.45, 2.75) is 13.0 Å². The standard InChI is InChI=1S/C15H14F3N/c1-9(19-2)14-4-3-11(16)8-15(14)10-5-12(17)7-13(18)6-10/h3-9,19H,1-2H3. The van der Waals surface area contributed by atoms with Crippen molar-refractivity contribution in [2.75, 3.05) is 7.05 Å². The summed E-state index contributed by atoms with van der Waals surface area (Å²) in [5.41, 5.74) is 1.60. The van der Waals surface area contributed by atoms with Crippen molar-refractivity contribution in [3.05, 3.63) is 59.4 Å². The molecule has 0 aliphatic heterocycles. The van der Waals surface area contributed by atoms with E-state index in [4.69, 9.17) is 0 Å². The minimum absolute atomic E-state index is 0.0538. The van der Waals surface area contributed by atoms with Gasteiger partial charge < -0.3 is 5.32 Å². The van der Waals surface area contributed by atoms with E-state index >= 15 is 0 Å². The van der Waals surface area contributed by atoms with Crippen LogP contribution >= 0.6 is 0 Å². The molecule has 0 amide bonds. The maximum atomic E-state index is 13.4. The summed E-state index contributed by atoms with van der Waals surface area (Å²) < 4.78 is 40.0. The topological polar surface area (TPSA) is 12.0 Å². The van der Waals surface area contributed by atoms with Crippen LogP contribution in [-0.2, 0) is 0 Å². The van der Waals surface area contributed by atoms with Crippen LogP contribution in [0.3, 0.4) is 0 Å². The van der Waals surface area contributed by atoms with E-state index in [2.05, 4.69) is 5.32 Å². The van der Waals surface area contributed by atoms with Gasteiger partial charge in [0, 0.05) is 12.1 Å².